The van der Waals surface area contributed by atoms with Crippen LogP contribution in [0.5, 0.6) is 17.4 Å². The van der Waals surface area contributed by atoms with Gasteiger partial charge in [-0.2, -0.15) is 10.1 Å². The molecule has 0 spiro atoms. The van der Waals surface area contributed by atoms with Gasteiger partial charge in [-0.1, -0.05) is 30.3 Å². The maximum atomic E-state index is 12.9. The Kier molecular flexibility index (Phi) is 6.17. The summed E-state index contributed by atoms with van der Waals surface area (Å²) in [6, 6.07) is 17.0. The second-order valence-electron chi connectivity index (χ2n) is 7.60. The molecule has 8 heteroatoms. The van der Waals surface area contributed by atoms with Gasteiger partial charge in [0.2, 0.25) is 5.88 Å². The Morgan fingerprint density at radius 1 is 1.06 bits per heavy atom. The van der Waals surface area contributed by atoms with Crippen molar-refractivity contribution in [2.24, 2.45) is 7.05 Å². The molecule has 0 aliphatic rings. The molecule has 8 nitrogen and oxygen atoms in total. The van der Waals surface area contributed by atoms with Crippen LogP contribution in [0.25, 0.3) is 22.2 Å². The minimum Gasteiger partial charge on any atom is -0.497 e. The van der Waals surface area contributed by atoms with E-state index in [1.165, 1.54) is 7.11 Å². The van der Waals surface area contributed by atoms with Crippen LogP contribution in [-0.4, -0.2) is 41.0 Å². The fourth-order valence-corrected chi connectivity index (χ4v) is 3.71. The predicted molar refractivity (Wildman–Crippen MR) is 127 cm³/mol. The van der Waals surface area contributed by atoms with Crippen molar-refractivity contribution in [3.8, 4) is 28.5 Å². The Hall–Kier alpha value is -4.07. The van der Waals surface area contributed by atoms with Gasteiger partial charge in [0.25, 0.3) is 5.91 Å². The standard InChI is InChI=1S/C25H26N4O4/c1-15-23-19(17-9-7-6-8-10-17)14-22(27-24(23)29(3)28-15)33-16(2)25(30)26-20-13-18(31-4)11-12-21(20)32-5/h6-14,16H,1-5H3,(H,26,30)/t16-/m1/s1. The summed E-state index contributed by atoms with van der Waals surface area (Å²) >= 11 is 0. The van der Waals surface area contributed by atoms with Crippen molar-refractivity contribution in [1.29, 1.82) is 0 Å². The van der Waals surface area contributed by atoms with Gasteiger partial charge < -0.3 is 19.5 Å². The number of anilines is 1. The van der Waals surface area contributed by atoms with Crippen LogP contribution in [-0.2, 0) is 11.8 Å². The first-order valence-corrected chi connectivity index (χ1v) is 10.5. The molecular weight excluding hydrogens is 420 g/mol. The van der Waals surface area contributed by atoms with Gasteiger partial charge in [-0.25, -0.2) is 0 Å². The molecule has 4 rings (SSSR count). The molecule has 4 aromatic rings. The molecule has 0 saturated carbocycles. The highest BCUT2D eigenvalue weighted by atomic mass is 16.5. The van der Waals surface area contributed by atoms with Gasteiger partial charge in [-0.05, 0) is 37.1 Å². The Morgan fingerprint density at radius 2 is 1.82 bits per heavy atom. The van der Waals surface area contributed by atoms with E-state index in [0.717, 1.165) is 22.2 Å². The van der Waals surface area contributed by atoms with Gasteiger partial charge >= 0.3 is 0 Å². The van der Waals surface area contributed by atoms with Crippen LogP contribution in [0, 0.1) is 6.92 Å². The smallest absolute Gasteiger partial charge is 0.265 e. The SMILES string of the molecule is COc1ccc(OC)c(NC(=O)[C@@H](C)Oc2cc(-c3ccccc3)c3c(C)nn(C)c3n2)c1. The first kappa shape index (κ1) is 22.1. The van der Waals surface area contributed by atoms with Crippen LogP contribution in [0.3, 0.4) is 0 Å². The molecule has 0 bridgehead atoms. The van der Waals surface area contributed by atoms with E-state index in [1.807, 2.05) is 50.4 Å². The molecule has 1 N–H and O–H groups in total. The lowest BCUT2D eigenvalue weighted by Gasteiger charge is -2.17. The van der Waals surface area contributed by atoms with E-state index in [-0.39, 0.29) is 5.91 Å². The summed E-state index contributed by atoms with van der Waals surface area (Å²) in [5.74, 6) is 1.12. The number of hydrogen-bond acceptors (Lipinski definition) is 6. The molecule has 0 radical (unpaired) electrons. The van der Waals surface area contributed by atoms with E-state index in [9.17, 15) is 4.79 Å². The number of nitrogens with zero attached hydrogens (tertiary/aromatic N) is 3. The van der Waals surface area contributed by atoms with E-state index in [1.54, 1.807) is 36.9 Å². The molecule has 1 amide bonds. The van der Waals surface area contributed by atoms with Crippen molar-refractivity contribution in [3.05, 3.63) is 60.3 Å². The second kappa shape index (κ2) is 9.20. The summed E-state index contributed by atoms with van der Waals surface area (Å²) in [6.07, 6.45) is -0.816. The van der Waals surface area contributed by atoms with Crippen molar-refractivity contribution in [1.82, 2.24) is 14.8 Å². The first-order chi connectivity index (χ1) is 15.9. The number of aryl methyl sites for hydroxylation is 2. The van der Waals surface area contributed by atoms with Gasteiger partial charge in [0.15, 0.2) is 11.8 Å². The number of amides is 1. The third-order valence-electron chi connectivity index (χ3n) is 5.36. The van der Waals surface area contributed by atoms with Gasteiger partial charge in [0.05, 0.1) is 31.0 Å². The maximum Gasteiger partial charge on any atom is 0.265 e. The average molecular weight is 447 g/mol. The van der Waals surface area contributed by atoms with E-state index in [2.05, 4.69) is 15.4 Å². The van der Waals surface area contributed by atoms with Crippen LogP contribution in [0.15, 0.2) is 54.6 Å². The number of fused-ring (bicyclic) bond motifs is 1. The zero-order valence-electron chi connectivity index (χ0n) is 19.2. The van der Waals surface area contributed by atoms with Crippen molar-refractivity contribution in [2.75, 3.05) is 19.5 Å². The molecule has 170 valence electrons. The van der Waals surface area contributed by atoms with E-state index in [4.69, 9.17) is 14.2 Å². The number of carbonyl (C=O) groups excluding carboxylic acids is 1. The van der Waals surface area contributed by atoms with Gasteiger partial charge in [0.1, 0.15) is 11.5 Å². The summed E-state index contributed by atoms with van der Waals surface area (Å²) in [7, 11) is 4.94. The number of aromatic nitrogens is 3. The highest BCUT2D eigenvalue weighted by molar-refractivity contribution is 5.97. The van der Waals surface area contributed by atoms with Crippen molar-refractivity contribution in [2.45, 2.75) is 20.0 Å². The lowest BCUT2D eigenvalue weighted by atomic mass is 10.0. The molecule has 2 heterocycles. The van der Waals surface area contributed by atoms with E-state index >= 15 is 0 Å². The summed E-state index contributed by atoms with van der Waals surface area (Å²) in [6.45, 7) is 3.62. The zero-order chi connectivity index (χ0) is 23.5. The summed E-state index contributed by atoms with van der Waals surface area (Å²) in [5.41, 5.74) is 4.02. The molecule has 0 aliphatic carbocycles. The minimum atomic E-state index is -0.816. The van der Waals surface area contributed by atoms with Crippen molar-refractivity contribution >= 4 is 22.6 Å². The van der Waals surface area contributed by atoms with Crippen LogP contribution in [0.4, 0.5) is 5.69 Å². The zero-order valence-corrected chi connectivity index (χ0v) is 19.2. The fourth-order valence-electron chi connectivity index (χ4n) is 3.71. The van der Waals surface area contributed by atoms with E-state index < -0.39 is 6.10 Å². The Balaban J connectivity index is 1.64. The highest BCUT2D eigenvalue weighted by Crippen LogP contribution is 2.33. The second-order valence-corrected chi connectivity index (χ2v) is 7.60. The topological polar surface area (TPSA) is 87.5 Å². The van der Waals surface area contributed by atoms with Crippen LogP contribution in [0.1, 0.15) is 12.6 Å². The largest absolute Gasteiger partial charge is 0.497 e. The number of benzene rings is 2. The lowest BCUT2D eigenvalue weighted by Crippen LogP contribution is -2.30. The summed E-state index contributed by atoms with van der Waals surface area (Å²) in [4.78, 5) is 17.5. The van der Waals surface area contributed by atoms with Crippen molar-refractivity contribution in [3.63, 3.8) is 0 Å². The molecule has 2 aromatic carbocycles. The average Bonchev–Trinajstić information content (AvgIpc) is 3.12. The van der Waals surface area contributed by atoms with E-state index in [0.29, 0.717) is 28.7 Å². The van der Waals surface area contributed by atoms with Gasteiger partial charge in [0, 0.05) is 19.2 Å². The third-order valence-corrected chi connectivity index (χ3v) is 5.36. The predicted octanol–water partition coefficient (Wildman–Crippen LogP) is 4.37. The molecule has 0 saturated heterocycles. The Bertz CT molecular complexity index is 1300. The molecular formula is C25H26N4O4. The van der Waals surface area contributed by atoms with Crippen LogP contribution < -0.4 is 19.5 Å². The number of hydrogen-bond donors (Lipinski definition) is 1. The number of ether oxygens (including phenoxy) is 3. The maximum absolute atomic E-state index is 12.9. The summed E-state index contributed by atoms with van der Waals surface area (Å²) < 4.78 is 18.3. The molecule has 0 unspecified atom stereocenters. The molecule has 0 fully saturated rings. The first-order valence-electron chi connectivity index (χ1n) is 10.5. The minimum absolute atomic E-state index is 0.338. The molecule has 0 aliphatic heterocycles. The molecule has 1 atom stereocenters. The number of carbonyl (C=O) groups is 1. The highest BCUT2D eigenvalue weighted by Gasteiger charge is 2.21. The van der Waals surface area contributed by atoms with Crippen LogP contribution >= 0.6 is 0 Å². The van der Waals surface area contributed by atoms with Gasteiger partial charge in [-0.3, -0.25) is 9.48 Å². The third kappa shape index (κ3) is 4.45. The fraction of sp³-hybridized carbons (Fsp3) is 0.240. The number of pyridine rings is 1. The summed E-state index contributed by atoms with van der Waals surface area (Å²) in [5, 5.41) is 8.31. The Labute approximate surface area is 192 Å². The number of nitrogens with one attached hydrogen (secondary N) is 1. The normalized spacial score (nSPS) is 11.8. The monoisotopic (exact) mass is 446 g/mol. The quantitative estimate of drug-likeness (QED) is 0.454. The molecule has 2 aromatic heterocycles. The van der Waals surface area contributed by atoms with Crippen LogP contribution in [0.2, 0.25) is 0 Å². The van der Waals surface area contributed by atoms with Crippen molar-refractivity contribution < 1.29 is 19.0 Å². The number of rotatable bonds is 7. The molecule has 33 heavy (non-hydrogen) atoms. The lowest BCUT2D eigenvalue weighted by molar-refractivity contribution is -0.122. The van der Waals surface area contributed by atoms with Gasteiger partial charge in [-0.15, -0.1) is 0 Å². The Morgan fingerprint density at radius 3 is 2.52 bits per heavy atom. The number of methoxy groups -OCH3 is 2.